The number of aromatic hydroxyl groups is 1. The third-order valence-corrected chi connectivity index (χ3v) is 5.47. The summed E-state index contributed by atoms with van der Waals surface area (Å²) in [6.07, 6.45) is 0. The lowest BCUT2D eigenvalue weighted by Gasteiger charge is -2.06. The lowest BCUT2D eigenvalue weighted by atomic mass is 10.1. The van der Waals surface area contributed by atoms with Crippen molar-refractivity contribution >= 4 is 28.6 Å². The van der Waals surface area contributed by atoms with Gasteiger partial charge in [-0.2, -0.15) is 0 Å². The molecule has 130 valence electrons. The van der Waals surface area contributed by atoms with Crippen molar-refractivity contribution in [2.24, 2.45) is 0 Å². The van der Waals surface area contributed by atoms with E-state index in [9.17, 15) is 19.4 Å². The SMILES string of the molecule is COC(=O)c1cc(F)c(-c2nc(-c3sc(CO)nc3C)cs2)cc1O. The summed E-state index contributed by atoms with van der Waals surface area (Å²) in [5.41, 5.74) is 1.19. The van der Waals surface area contributed by atoms with Gasteiger partial charge < -0.3 is 14.9 Å². The monoisotopic (exact) mass is 380 g/mol. The molecule has 0 saturated carbocycles. The maximum Gasteiger partial charge on any atom is 0.341 e. The van der Waals surface area contributed by atoms with Gasteiger partial charge in [0.15, 0.2) is 0 Å². The van der Waals surface area contributed by atoms with E-state index in [-0.39, 0.29) is 23.5 Å². The topological polar surface area (TPSA) is 92.5 Å². The first-order valence-corrected chi connectivity index (χ1v) is 8.78. The van der Waals surface area contributed by atoms with Crippen LogP contribution in [0.25, 0.3) is 21.1 Å². The second kappa shape index (κ2) is 6.87. The average molecular weight is 380 g/mol. The van der Waals surface area contributed by atoms with E-state index in [1.54, 1.807) is 5.38 Å². The number of esters is 1. The van der Waals surface area contributed by atoms with Gasteiger partial charge in [0.05, 0.1) is 30.0 Å². The second-order valence-corrected chi connectivity index (χ2v) is 7.00. The standard InChI is InChI=1S/C16H13FN2O4S2/c1-7-14(25-13(5-20)18-7)11-6-24-15(19-11)8-4-12(21)9(3-10(8)17)16(22)23-2/h3-4,6,20-21H,5H2,1-2H3. The normalized spacial score (nSPS) is 10.9. The van der Waals surface area contributed by atoms with E-state index >= 15 is 0 Å². The van der Waals surface area contributed by atoms with Gasteiger partial charge in [-0.25, -0.2) is 19.2 Å². The summed E-state index contributed by atoms with van der Waals surface area (Å²) in [4.78, 5) is 20.9. The number of nitrogens with zero attached hydrogens (tertiary/aromatic N) is 2. The number of rotatable bonds is 4. The fourth-order valence-electron chi connectivity index (χ4n) is 2.26. The van der Waals surface area contributed by atoms with Crippen molar-refractivity contribution < 1.29 is 24.1 Å². The number of hydrogen-bond donors (Lipinski definition) is 2. The van der Waals surface area contributed by atoms with Crippen molar-refractivity contribution in [1.82, 2.24) is 9.97 Å². The van der Waals surface area contributed by atoms with Gasteiger partial charge in [0.2, 0.25) is 0 Å². The summed E-state index contributed by atoms with van der Waals surface area (Å²) in [5.74, 6) is -1.88. The summed E-state index contributed by atoms with van der Waals surface area (Å²) in [6, 6.07) is 2.09. The van der Waals surface area contributed by atoms with E-state index in [1.165, 1.54) is 22.7 Å². The summed E-state index contributed by atoms with van der Waals surface area (Å²) in [5, 5.41) is 21.8. The first-order valence-electron chi connectivity index (χ1n) is 7.08. The molecule has 0 bridgehead atoms. The Labute approximate surface area is 150 Å². The van der Waals surface area contributed by atoms with E-state index in [2.05, 4.69) is 14.7 Å². The number of carbonyl (C=O) groups excluding carboxylic acids is 1. The number of phenolic OH excluding ortho intramolecular Hbond substituents is 1. The number of benzene rings is 1. The maximum atomic E-state index is 14.4. The number of aliphatic hydroxyl groups excluding tert-OH is 1. The fourth-order valence-corrected chi connectivity index (χ4v) is 4.05. The highest BCUT2D eigenvalue weighted by Crippen LogP contribution is 2.36. The molecule has 0 aliphatic carbocycles. The van der Waals surface area contributed by atoms with Crippen LogP contribution in [-0.4, -0.2) is 33.3 Å². The minimum atomic E-state index is -0.820. The van der Waals surface area contributed by atoms with Crippen LogP contribution in [0.3, 0.4) is 0 Å². The van der Waals surface area contributed by atoms with Crippen LogP contribution in [0, 0.1) is 12.7 Å². The summed E-state index contributed by atoms with van der Waals surface area (Å²) in [7, 11) is 1.15. The Morgan fingerprint density at radius 3 is 2.76 bits per heavy atom. The molecule has 0 amide bonds. The zero-order valence-corrected chi connectivity index (χ0v) is 14.9. The number of phenols is 1. The van der Waals surface area contributed by atoms with Crippen molar-refractivity contribution in [2.75, 3.05) is 7.11 Å². The number of hydrogen-bond acceptors (Lipinski definition) is 8. The van der Waals surface area contributed by atoms with Gasteiger partial charge in [-0.3, -0.25) is 0 Å². The Bertz CT molecular complexity index is 952. The minimum absolute atomic E-state index is 0.0888. The Morgan fingerprint density at radius 1 is 1.36 bits per heavy atom. The van der Waals surface area contributed by atoms with E-state index < -0.39 is 11.8 Å². The van der Waals surface area contributed by atoms with Crippen LogP contribution in [0.4, 0.5) is 4.39 Å². The molecular formula is C16H13FN2O4S2. The largest absolute Gasteiger partial charge is 0.507 e. The Morgan fingerprint density at radius 2 is 2.12 bits per heavy atom. The van der Waals surface area contributed by atoms with Crippen LogP contribution < -0.4 is 0 Å². The highest BCUT2D eigenvalue weighted by atomic mass is 32.1. The van der Waals surface area contributed by atoms with E-state index in [0.717, 1.165) is 29.8 Å². The Kier molecular flexibility index (Phi) is 4.80. The number of aromatic nitrogens is 2. The molecule has 2 heterocycles. The zero-order chi connectivity index (χ0) is 18.1. The molecule has 1 aromatic carbocycles. The zero-order valence-electron chi connectivity index (χ0n) is 13.2. The number of aryl methyl sites for hydroxylation is 1. The molecule has 3 rings (SSSR count). The quantitative estimate of drug-likeness (QED) is 0.674. The second-order valence-electron chi connectivity index (χ2n) is 5.06. The number of methoxy groups -OCH3 is 1. The van der Waals surface area contributed by atoms with Crippen molar-refractivity contribution in [1.29, 1.82) is 0 Å². The van der Waals surface area contributed by atoms with Gasteiger partial charge in [0.1, 0.15) is 27.1 Å². The van der Waals surface area contributed by atoms with Crippen molar-refractivity contribution in [2.45, 2.75) is 13.5 Å². The summed E-state index contributed by atoms with van der Waals surface area (Å²) in [6.45, 7) is 1.65. The van der Waals surface area contributed by atoms with Crippen LogP contribution in [-0.2, 0) is 11.3 Å². The van der Waals surface area contributed by atoms with E-state index in [0.29, 0.717) is 15.7 Å². The molecule has 3 aromatic rings. The molecule has 0 fully saturated rings. The molecule has 0 aliphatic rings. The fraction of sp³-hybridized carbons (Fsp3) is 0.188. The molecule has 2 N–H and O–H groups in total. The summed E-state index contributed by atoms with van der Waals surface area (Å²) < 4.78 is 18.9. The molecule has 9 heteroatoms. The average Bonchev–Trinajstić information content (AvgIpc) is 3.22. The highest BCUT2D eigenvalue weighted by molar-refractivity contribution is 7.16. The van der Waals surface area contributed by atoms with Crippen molar-refractivity contribution in [3.63, 3.8) is 0 Å². The number of aliphatic hydroxyl groups is 1. The minimum Gasteiger partial charge on any atom is -0.507 e. The van der Waals surface area contributed by atoms with Crippen LogP contribution in [0.15, 0.2) is 17.5 Å². The van der Waals surface area contributed by atoms with Crippen LogP contribution >= 0.6 is 22.7 Å². The molecule has 0 atom stereocenters. The van der Waals surface area contributed by atoms with Crippen LogP contribution in [0.2, 0.25) is 0 Å². The number of ether oxygens (including phenoxy) is 1. The van der Waals surface area contributed by atoms with Gasteiger partial charge in [-0.05, 0) is 19.1 Å². The molecule has 6 nitrogen and oxygen atoms in total. The molecule has 0 saturated heterocycles. The van der Waals surface area contributed by atoms with E-state index in [4.69, 9.17) is 0 Å². The lowest BCUT2D eigenvalue weighted by molar-refractivity contribution is 0.0597. The van der Waals surface area contributed by atoms with Gasteiger partial charge >= 0.3 is 5.97 Å². The van der Waals surface area contributed by atoms with Crippen molar-refractivity contribution in [3.05, 3.63) is 39.6 Å². The van der Waals surface area contributed by atoms with Gasteiger partial charge in [0, 0.05) is 10.9 Å². The van der Waals surface area contributed by atoms with Gasteiger partial charge in [0.25, 0.3) is 0 Å². The first kappa shape index (κ1) is 17.5. The molecule has 0 spiro atoms. The van der Waals surface area contributed by atoms with Crippen LogP contribution in [0.5, 0.6) is 5.75 Å². The van der Waals surface area contributed by atoms with Crippen molar-refractivity contribution in [3.8, 4) is 26.9 Å². The smallest absolute Gasteiger partial charge is 0.341 e. The number of carbonyl (C=O) groups is 1. The highest BCUT2D eigenvalue weighted by Gasteiger charge is 2.20. The Hall–Kier alpha value is -2.36. The predicted molar refractivity (Wildman–Crippen MR) is 92.3 cm³/mol. The molecular weight excluding hydrogens is 367 g/mol. The molecule has 25 heavy (non-hydrogen) atoms. The third kappa shape index (κ3) is 3.26. The summed E-state index contributed by atoms with van der Waals surface area (Å²) >= 11 is 2.52. The molecule has 0 unspecified atom stereocenters. The number of halogens is 1. The predicted octanol–water partition coefficient (Wildman–Crippen LogP) is 3.37. The third-order valence-electron chi connectivity index (χ3n) is 3.43. The van der Waals surface area contributed by atoms with Gasteiger partial charge in [-0.15, -0.1) is 22.7 Å². The molecule has 0 radical (unpaired) electrons. The first-order chi connectivity index (χ1) is 11.9. The number of thiazole rings is 2. The van der Waals surface area contributed by atoms with E-state index in [1.807, 2.05) is 6.92 Å². The molecule has 0 aliphatic heterocycles. The molecule has 2 aromatic heterocycles. The Balaban J connectivity index is 2.01. The van der Waals surface area contributed by atoms with Gasteiger partial charge in [-0.1, -0.05) is 0 Å². The maximum absolute atomic E-state index is 14.4. The lowest BCUT2D eigenvalue weighted by Crippen LogP contribution is -2.02. The van der Waals surface area contributed by atoms with Crippen LogP contribution in [0.1, 0.15) is 21.1 Å².